The topological polar surface area (TPSA) is 75.8 Å². The van der Waals surface area contributed by atoms with E-state index in [9.17, 15) is 4.79 Å². The Morgan fingerprint density at radius 1 is 1.53 bits per heavy atom. The van der Waals surface area contributed by atoms with E-state index in [2.05, 4.69) is 0 Å². The number of aliphatic hydroxyl groups excluding tert-OH is 1. The summed E-state index contributed by atoms with van der Waals surface area (Å²) < 4.78 is 5.43. The number of anilines is 1. The van der Waals surface area contributed by atoms with Crippen LogP contribution in [0.1, 0.15) is 12.5 Å². The van der Waals surface area contributed by atoms with Gasteiger partial charge in [0.05, 0.1) is 31.8 Å². The molecule has 0 spiro atoms. The smallest absolute Gasteiger partial charge is 0.227 e. The van der Waals surface area contributed by atoms with Crippen LogP contribution in [-0.2, 0) is 16.0 Å². The molecule has 2 rings (SSSR count). The minimum absolute atomic E-state index is 0.0205. The largest absolute Gasteiger partial charge is 0.398 e. The van der Waals surface area contributed by atoms with E-state index in [1.165, 1.54) is 0 Å². The van der Waals surface area contributed by atoms with Crippen LogP contribution in [0.4, 0.5) is 5.69 Å². The fourth-order valence-electron chi connectivity index (χ4n) is 2.24. The molecule has 104 valence electrons. The lowest BCUT2D eigenvalue weighted by atomic mass is 10.1. The number of morpholine rings is 1. The lowest BCUT2D eigenvalue weighted by molar-refractivity contribution is -0.145. The van der Waals surface area contributed by atoms with E-state index in [4.69, 9.17) is 15.6 Å². The summed E-state index contributed by atoms with van der Waals surface area (Å²) in [6, 6.07) is 7.41. The molecule has 1 amide bonds. The average molecular weight is 264 g/mol. The van der Waals surface area contributed by atoms with Gasteiger partial charge in [0.2, 0.25) is 5.91 Å². The van der Waals surface area contributed by atoms with Gasteiger partial charge in [-0.05, 0) is 18.6 Å². The zero-order chi connectivity index (χ0) is 13.8. The Balaban J connectivity index is 2.04. The van der Waals surface area contributed by atoms with Crippen molar-refractivity contribution in [1.82, 2.24) is 4.90 Å². The van der Waals surface area contributed by atoms with Crippen LogP contribution in [0.3, 0.4) is 0 Å². The van der Waals surface area contributed by atoms with Crippen molar-refractivity contribution in [3.8, 4) is 0 Å². The van der Waals surface area contributed by atoms with Crippen molar-refractivity contribution in [3.63, 3.8) is 0 Å². The third kappa shape index (κ3) is 3.24. The maximum absolute atomic E-state index is 12.3. The maximum atomic E-state index is 12.3. The molecule has 5 heteroatoms. The summed E-state index contributed by atoms with van der Waals surface area (Å²) in [4.78, 5) is 14.1. The van der Waals surface area contributed by atoms with Gasteiger partial charge in [-0.1, -0.05) is 18.2 Å². The number of hydrogen-bond acceptors (Lipinski definition) is 4. The molecule has 2 unspecified atom stereocenters. The number of benzene rings is 1. The molecule has 0 radical (unpaired) electrons. The zero-order valence-corrected chi connectivity index (χ0v) is 11.1. The second kappa shape index (κ2) is 6.04. The third-order valence-electron chi connectivity index (χ3n) is 3.43. The van der Waals surface area contributed by atoms with Gasteiger partial charge >= 0.3 is 0 Å². The molecule has 0 aromatic heterocycles. The molecule has 0 aliphatic carbocycles. The number of carbonyl (C=O) groups excluding carboxylic acids is 1. The summed E-state index contributed by atoms with van der Waals surface area (Å²) in [7, 11) is 0. The van der Waals surface area contributed by atoms with Crippen LogP contribution in [0.5, 0.6) is 0 Å². The minimum Gasteiger partial charge on any atom is -0.398 e. The van der Waals surface area contributed by atoms with Crippen molar-refractivity contribution in [3.05, 3.63) is 29.8 Å². The van der Waals surface area contributed by atoms with Gasteiger partial charge in [0.15, 0.2) is 0 Å². The molecule has 0 bridgehead atoms. The first-order valence-electron chi connectivity index (χ1n) is 6.47. The summed E-state index contributed by atoms with van der Waals surface area (Å²) in [5, 5.41) is 9.13. The van der Waals surface area contributed by atoms with Gasteiger partial charge in [-0.15, -0.1) is 0 Å². The van der Waals surface area contributed by atoms with E-state index in [-0.39, 0.29) is 31.1 Å². The van der Waals surface area contributed by atoms with Crippen molar-refractivity contribution in [1.29, 1.82) is 0 Å². The molecule has 19 heavy (non-hydrogen) atoms. The van der Waals surface area contributed by atoms with Crippen LogP contribution in [0.15, 0.2) is 24.3 Å². The van der Waals surface area contributed by atoms with E-state index in [0.29, 0.717) is 18.8 Å². The Hall–Kier alpha value is -1.59. The lowest BCUT2D eigenvalue weighted by Gasteiger charge is -2.37. The highest BCUT2D eigenvalue weighted by molar-refractivity contribution is 5.80. The SMILES string of the molecule is CC1COC(CO)CN1C(=O)Cc1ccccc1N. The molecular weight excluding hydrogens is 244 g/mol. The van der Waals surface area contributed by atoms with E-state index in [1.54, 1.807) is 11.0 Å². The Morgan fingerprint density at radius 3 is 2.95 bits per heavy atom. The number of carbonyl (C=O) groups is 1. The van der Waals surface area contributed by atoms with Crippen LogP contribution in [-0.4, -0.2) is 47.8 Å². The molecule has 1 aromatic rings. The molecule has 1 aromatic carbocycles. The first-order chi connectivity index (χ1) is 9.11. The zero-order valence-electron chi connectivity index (χ0n) is 11.1. The van der Waals surface area contributed by atoms with Crippen molar-refractivity contribution in [2.24, 2.45) is 0 Å². The molecule has 1 aliphatic heterocycles. The van der Waals surface area contributed by atoms with Crippen LogP contribution in [0, 0.1) is 0 Å². The molecule has 3 N–H and O–H groups in total. The maximum Gasteiger partial charge on any atom is 0.227 e. The number of hydrogen-bond donors (Lipinski definition) is 2. The predicted octanol–water partition coefficient (Wildman–Crippen LogP) is 0.419. The van der Waals surface area contributed by atoms with Crippen molar-refractivity contribution < 1.29 is 14.6 Å². The summed E-state index contributed by atoms with van der Waals surface area (Å²) in [6.45, 7) is 2.77. The Bertz CT molecular complexity index is 450. The summed E-state index contributed by atoms with van der Waals surface area (Å²) >= 11 is 0. The monoisotopic (exact) mass is 264 g/mol. The van der Waals surface area contributed by atoms with E-state index in [1.807, 2.05) is 25.1 Å². The number of nitrogens with zero attached hydrogens (tertiary/aromatic N) is 1. The quantitative estimate of drug-likeness (QED) is 0.776. The molecular formula is C14H20N2O3. The van der Waals surface area contributed by atoms with E-state index in [0.717, 1.165) is 5.56 Å². The van der Waals surface area contributed by atoms with Gasteiger partial charge in [0.1, 0.15) is 0 Å². The van der Waals surface area contributed by atoms with Gasteiger partial charge in [0, 0.05) is 12.2 Å². The molecule has 5 nitrogen and oxygen atoms in total. The van der Waals surface area contributed by atoms with Gasteiger partial charge in [0.25, 0.3) is 0 Å². The molecule has 1 fully saturated rings. The average Bonchev–Trinajstić information content (AvgIpc) is 2.42. The van der Waals surface area contributed by atoms with Gasteiger partial charge in [-0.3, -0.25) is 4.79 Å². The number of nitrogens with two attached hydrogens (primary N) is 1. The number of para-hydroxylation sites is 1. The first-order valence-corrected chi connectivity index (χ1v) is 6.47. The van der Waals surface area contributed by atoms with Gasteiger partial charge < -0.3 is 20.5 Å². The second-order valence-corrected chi connectivity index (χ2v) is 4.91. The highest BCUT2D eigenvalue weighted by atomic mass is 16.5. The summed E-state index contributed by atoms with van der Waals surface area (Å²) in [6.07, 6.45) is 0.00286. The van der Waals surface area contributed by atoms with Gasteiger partial charge in [-0.2, -0.15) is 0 Å². The van der Waals surface area contributed by atoms with E-state index < -0.39 is 0 Å². The van der Waals surface area contributed by atoms with Gasteiger partial charge in [-0.25, -0.2) is 0 Å². The van der Waals surface area contributed by atoms with Crippen LogP contribution in [0.2, 0.25) is 0 Å². The molecule has 0 saturated carbocycles. The third-order valence-corrected chi connectivity index (χ3v) is 3.43. The Kier molecular flexibility index (Phi) is 4.39. The summed E-state index contributed by atoms with van der Waals surface area (Å²) in [5.74, 6) is 0.0205. The van der Waals surface area contributed by atoms with Crippen LogP contribution >= 0.6 is 0 Å². The second-order valence-electron chi connectivity index (χ2n) is 4.91. The summed E-state index contributed by atoms with van der Waals surface area (Å²) in [5.41, 5.74) is 7.33. The number of rotatable bonds is 3. The van der Waals surface area contributed by atoms with Crippen molar-refractivity contribution in [2.75, 3.05) is 25.5 Å². The minimum atomic E-state index is -0.284. The number of aliphatic hydroxyl groups is 1. The number of amides is 1. The molecule has 2 atom stereocenters. The standard InChI is InChI=1S/C14H20N2O3/c1-10-9-19-12(8-17)7-16(10)14(18)6-11-4-2-3-5-13(11)15/h2-5,10,12,17H,6-9,15H2,1H3. The first kappa shape index (κ1) is 13.8. The Labute approximate surface area is 113 Å². The highest BCUT2D eigenvalue weighted by Crippen LogP contribution is 2.16. The fourth-order valence-corrected chi connectivity index (χ4v) is 2.24. The van der Waals surface area contributed by atoms with Crippen LogP contribution in [0.25, 0.3) is 0 Å². The van der Waals surface area contributed by atoms with Crippen LogP contribution < -0.4 is 5.73 Å². The van der Waals surface area contributed by atoms with Crippen molar-refractivity contribution in [2.45, 2.75) is 25.5 Å². The highest BCUT2D eigenvalue weighted by Gasteiger charge is 2.29. The predicted molar refractivity (Wildman–Crippen MR) is 72.6 cm³/mol. The molecule has 1 saturated heterocycles. The molecule has 1 aliphatic rings. The Morgan fingerprint density at radius 2 is 2.26 bits per heavy atom. The number of nitrogen functional groups attached to an aromatic ring is 1. The fraction of sp³-hybridized carbons (Fsp3) is 0.500. The van der Waals surface area contributed by atoms with Crippen molar-refractivity contribution >= 4 is 11.6 Å². The number of ether oxygens (including phenoxy) is 1. The van der Waals surface area contributed by atoms with E-state index >= 15 is 0 Å². The lowest BCUT2D eigenvalue weighted by Crippen LogP contribution is -2.52. The molecule has 1 heterocycles. The normalized spacial score (nSPS) is 23.4.